The maximum atomic E-state index is 13.9. The summed E-state index contributed by atoms with van der Waals surface area (Å²) in [6.45, 7) is 0. The largest absolute Gasteiger partial charge is 0.485 e. The van der Waals surface area contributed by atoms with E-state index in [1.807, 2.05) is 0 Å². The first kappa shape index (κ1) is 13.7. The summed E-state index contributed by atoms with van der Waals surface area (Å²) in [6.07, 6.45) is -1.15. The Morgan fingerprint density at radius 1 is 1.20 bits per heavy atom. The van der Waals surface area contributed by atoms with Crippen LogP contribution in [0.4, 0.5) is 4.39 Å². The third-order valence-electron chi connectivity index (χ3n) is 3.36. The molecule has 0 aromatic heterocycles. The molecule has 0 saturated carbocycles. The summed E-state index contributed by atoms with van der Waals surface area (Å²) in [5.41, 5.74) is 0.884. The molecule has 1 aliphatic heterocycles. The SMILES string of the molecule is OC1CC(c2c(F)cccc2Cl)Oc2ccc(Cl)cc21. The van der Waals surface area contributed by atoms with Crippen LogP contribution in [0, 0.1) is 5.82 Å². The van der Waals surface area contributed by atoms with Crippen LogP contribution in [0.3, 0.4) is 0 Å². The molecule has 0 saturated heterocycles. The molecule has 0 spiro atoms. The van der Waals surface area contributed by atoms with Crippen LogP contribution in [0.2, 0.25) is 10.0 Å². The smallest absolute Gasteiger partial charge is 0.131 e. The number of aliphatic hydroxyl groups is 1. The molecule has 2 aromatic rings. The lowest BCUT2D eigenvalue weighted by molar-refractivity contribution is 0.0641. The van der Waals surface area contributed by atoms with Crippen molar-refractivity contribution >= 4 is 23.2 Å². The van der Waals surface area contributed by atoms with Crippen LogP contribution >= 0.6 is 23.2 Å². The average Bonchev–Trinajstić information content (AvgIpc) is 2.39. The molecule has 104 valence electrons. The number of ether oxygens (including phenoxy) is 1. The molecular weight excluding hydrogens is 302 g/mol. The van der Waals surface area contributed by atoms with Gasteiger partial charge in [-0.1, -0.05) is 29.3 Å². The van der Waals surface area contributed by atoms with Crippen LogP contribution in [-0.4, -0.2) is 5.11 Å². The molecule has 0 fully saturated rings. The third-order valence-corrected chi connectivity index (χ3v) is 3.92. The summed E-state index contributed by atoms with van der Waals surface area (Å²) < 4.78 is 19.7. The van der Waals surface area contributed by atoms with Crippen LogP contribution in [0.15, 0.2) is 36.4 Å². The molecule has 1 aliphatic rings. The second-order valence-corrected chi connectivity index (χ2v) is 5.52. The Hall–Kier alpha value is -1.29. The zero-order valence-electron chi connectivity index (χ0n) is 10.3. The molecule has 2 unspecified atom stereocenters. The summed E-state index contributed by atoms with van der Waals surface area (Å²) in [4.78, 5) is 0. The van der Waals surface area contributed by atoms with E-state index in [1.165, 1.54) is 12.1 Å². The number of hydrogen-bond donors (Lipinski definition) is 1. The maximum Gasteiger partial charge on any atom is 0.131 e. The first-order valence-electron chi connectivity index (χ1n) is 6.14. The van der Waals surface area contributed by atoms with Gasteiger partial charge in [-0.25, -0.2) is 4.39 Å². The van der Waals surface area contributed by atoms with E-state index in [0.29, 0.717) is 21.4 Å². The Kier molecular flexibility index (Phi) is 3.59. The molecule has 0 amide bonds. The Labute approximate surface area is 125 Å². The van der Waals surface area contributed by atoms with E-state index in [2.05, 4.69) is 0 Å². The minimum Gasteiger partial charge on any atom is -0.485 e. The second kappa shape index (κ2) is 5.24. The number of benzene rings is 2. The summed E-state index contributed by atoms with van der Waals surface area (Å²) in [5, 5.41) is 11.0. The third kappa shape index (κ3) is 2.37. The van der Waals surface area contributed by atoms with Gasteiger partial charge < -0.3 is 9.84 Å². The van der Waals surface area contributed by atoms with E-state index >= 15 is 0 Å². The van der Waals surface area contributed by atoms with Crippen LogP contribution < -0.4 is 4.74 Å². The van der Waals surface area contributed by atoms with Gasteiger partial charge in [0.15, 0.2) is 0 Å². The van der Waals surface area contributed by atoms with E-state index in [0.717, 1.165) is 0 Å². The quantitative estimate of drug-likeness (QED) is 0.827. The fraction of sp³-hybridized carbons (Fsp3) is 0.200. The second-order valence-electron chi connectivity index (χ2n) is 4.68. The average molecular weight is 313 g/mol. The topological polar surface area (TPSA) is 29.5 Å². The van der Waals surface area contributed by atoms with Gasteiger partial charge in [0.25, 0.3) is 0 Å². The zero-order chi connectivity index (χ0) is 14.3. The van der Waals surface area contributed by atoms with Gasteiger partial charge in [0.1, 0.15) is 17.7 Å². The van der Waals surface area contributed by atoms with Gasteiger partial charge in [-0.3, -0.25) is 0 Å². The van der Waals surface area contributed by atoms with E-state index < -0.39 is 18.0 Å². The fourth-order valence-corrected chi connectivity index (χ4v) is 2.88. The van der Waals surface area contributed by atoms with E-state index in [9.17, 15) is 9.50 Å². The van der Waals surface area contributed by atoms with Crippen molar-refractivity contribution in [3.05, 3.63) is 63.4 Å². The van der Waals surface area contributed by atoms with Gasteiger partial charge in [0, 0.05) is 22.6 Å². The summed E-state index contributed by atoms with van der Waals surface area (Å²) in [7, 11) is 0. The summed E-state index contributed by atoms with van der Waals surface area (Å²) in [5.74, 6) is 0.0598. The number of hydrogen-bond acceptors (Lipinski definition) is 2. The highest BCUT2D eigenvalue weighted by molar-refractivity contribution is 6.31. The number of rotatable bonds is 1. The Balaban J connectivity index is 2.01. The molecule has 0 radical (unpaired) electrons. The lowest BCUT2D eigenvalue weighted by Crippen LogP contribution is -2.20. The van der Waals surface area contributed by atoms with E-state index in [4.69, 9.17) is 27.9 Å². The highest BCUT2D eigenvalue weighted by atomic mass is 35.5. The van der Waals surface area contributed by atoms with Crippen molar-refractivity contribution in [3.63, 3.8) is 0 Å². The van der Waals surface area contributed by atoms with Gasteiger partial charge in [-0.05, 0) is 30.3 Å². The minimum absolute atomic E-state index is 0.230. The predicted octanol–water partition coefficient (Wildman–Crippen LogP) is 4.69. The normalized spacial score (nSPS) is 21.2. The molecule has 5 heteroatoms. The van der Waals surface area contributed by atoms with Crippen molar-refractivity contribution in [3.8, 4) is 5.75 Å². The van der Waals surface area contributed by atoms with Gasteiger partial charge in [0.05, 0.1) is 11.1 Å². The lowest BCUT2D eigenvalue weighted by Gasteiger charge is -2.30. The van der Waals surface area contributed by atoms with Gasteiger partial charge >= 0.3 is 0 Å². The van der Waals surface area contributed by atoms with Crippen LogP contribution in [0.25, 0.3) is 0 Å². The van der Waals surface area contributed by atoms with Crippen molar-refractivity contribution in [2.45, 2.75) is 18.6 Å². The molecular formula is C15H11Cl2FO2. The fourth-order valence-electron chi connectivity index (χ4n) is 2.41. The van der Waals surface area contributed by atoms with Crippen LogP contribution in [0.1, 0.15) is 29.8 Å². The van der Waals surface area contributed by atoms with Crippen molar-refractivity contribution in [2.75, 3.05) is 0 Å². The van der Waals surface area contributed by atoms with Crippen molar-refractivity contribution in [2.24, 2.45) is 0 Å². The lowest BCUT2D eigenvalue weighted by atomic mass is 9.94. The zero-order valence-corrected chi connectivity index (χ0v) is 11.8. The molecule has 3 rings (SSSR count). The predicted molar refractivity (Wildman–Crippen MR) is 75.8 cm³/mol. The first-order valence-corrected chi connectivity index (χ1v) is 6.90. The van der Waals surface area contributed by atoms with Gasteiger partial charge in [0.2, 0.25) is 0 Å². The number of aliphatic hydroxyl groups excluding tert-OH is 1. The molecule has 0 bridgehead atoms. The molecule has 2 atom stereocenters. The van der Waals surface area contributed by atoms with Crippen LogP contribution in [0.5, 0.6) is 5.75 Å². The highest BCUT2D eigenvalue weighted by Gasteiger charge is 2.31. The summed E-state index contributed by atoms with van der Waals surface area (Å²) >= 11 is 11.9. The molecule has 20 heavy (non-hydrogen) atoms. The minimum atomic E-state index is -0.766. The standard InChI is InChI=1S/C15H11Cl2FO2/c16-8-4-5-13-9(6-8)12(19)7-14(20-13)15-10(17)2-1-3-11(15)18/h1-6,12,14,19H,7H2. The summed E-state index contributed by atoms with van der Waals surface area (Å²) in [6, 6.07) is 9.45. The van der Waals surface area contributed by atoms with Crippen molar-refractivity contribution in [1.29, 1.82) is 0 Å². The first-order chi connectivity index (χ1) is 9.56. The molecule has 0 aliphatic carbocycles. The molecule has 1 N–H and O–H groups in total. The molecule has 2 aromatic carbocycles. The highest BCUT2D eigenvalue weighted by Crippen LogP contribution is 2.43. The Bertz CT molecular complexity index is 640. The maximum absolute atomic E-state index is 13.9. The van der Waals surface area contributed by atoms with Crippen molar-refractivity contribution < 1.29 is 14.2 Å². The van der Waals surface area contributed by atoms with Gasteiger partial charge in [-0.15, -0.1) is 0 Å². The number of halogens is 3. The van der Waals surface area contributed by atoms with E-state index in [-0.39, 0.29) is 12.0 Å². The van der Waals surface area contributed by atoms with Crippen LogP contribution in [-0.2, 0) is 0 Å². The molecule has 2 nitrogen and oxygen atoms in total. The van der Waals surface area contributed by atoms with Gasteiger partial charge in [-0.2, -0.15) is 0 Å². The monoisotopic (exact) mass is 312 g/mol. The number of fused-ring (bicyclic) bond motifs is 1. The Morgan fingerprint density at radius 3 is 2.75 bits per heavy atom. The van der Waals surface area contributed by atoms with E-state index in [1.54, 1.807) is 24.3 Å². The van der Waals surface area contributed by atoms with Crippen molar-refractivity contribution in [1.82, 2.24) is 0 Å². The molecule has 1 heterocycles. The Morgan fingerprint density at radius 2 is 2.00 bits per heavy atom.